The summed E-state index contributed by atoms with van der Waals surface area (Å²) in [5.74, 6) is 0.572. The Hall–Kier alpha value is -2.31. The summed E-state index contributed by atoms with van der Waals surface area (Å²) in [6, 6.07) is 5.21. The summed E-state index contributed by atoms with van der Waals surface area (Å²) in [6.07, 6.45) is 2.43. The van der Waals surface area contributed by atoms with Gasteiger partial charge in [0.1, 0.15) is 5.82 Å². The fraction of sp³-hybridized carbons (Fsp3) is 0.579. The van der Waals surface area contributed by atoms with E-state index >= 15 is 0 Å². The molecule has 3 N–H and O–H groups in total. The van der Waals surface area contributed by atoms with Gasteiger partial charge in [0.15, 0.2) is 5.96 Å². The second-order valence-corrected chi connectivity index (χ2v) is 6.98. The van der Waals surface area contributed by atoms with E-state index in [1.54, 1.807) is 11.0 Å². The van der Waals surface area contributed by atoms with Crippen LogP contribution < -0.4 is 16.0 Å². The molecule has 1 aliphatic rings. The average Bonchev–Trinajstić information content (AvgIpc) is 2.58. The highest BCUT2D eigenvalue weighted by Crippen LogP contribution is 2.21. The number of nitrogens with one attached hydrogen (secondary N) is 1. The van der Waals surface area contributed by atoms with Crippen LogP contribution >= 0.6 is 0 Å². The monoisotopic (exact) mass is 363 g/mol. The number of primary amides is 1. The van der Waals surface area contributed by atoms with Crippen LogP contribution in [0.2, 0.25) is 0 Å². The van der Waals surface area contributed by atoms with E-state index in [1.807, 2.05) is 27.1 Å². The number of rotatable bonds is 6. The van der Waals surface area contributed by atoms with Gasteiger partial charge in [-0.1, -0.05) is 6.07 Å². The van der Waals surface area contributed by atoms with Crippen LogP contribution in [0.1, 0.15) is 31.7 Å². The lowest BCUT2D eigenvalue weighted by atomic mass is 9.95. The summed E-state index contributed by atoms with van der Waals surface area (Å²) in [7, 11) is 3.64. The number of anilines is 1. The second kappa shape index (κ2) is 9.40. The van der Waals surface area contributed by atoms with Crippen molar-refractivity contribution in [2.45, 2.75) is 32.7 Å². The molecule has 2 rings (SSSR count). The highest BCUT2D eigenvalue weighted by molar-refractivity contribution is 5.80. The molecule has 1 saturated heterocycles. The van der Waals surface area contributed by atoms with E-state index in [1.165, 1.54) is 6.07 Å². The number of hydrogen-bond donors (Lipinski definition) is 2. The van der Waals surface area contributed by atoms with Crippen LogP contribution in [0.25, 0.3) is 0 Å². The zero-order chi connectivity index (χ0) is 19.1. The van der Waals surface area contributed by atoms with Crippen molar-refractivity contribution in [3.05, 3.63) is 29.6 Å². The largest absolute Gasteiger partial charge is 0.375 e. The Morgan fingerprint density at radius 3 is 2.85 bits per heavy atom. The number of piperidine rings is 1. The average molecular weight is 363 g/mol. The number of amides is 1. The van der Waals surface area contributed by atoms with Crippen molar-refractivity contribution in [3.63, 3.8) is 0 Å². The van der Waals surface area contributed by atoms with E-state index in [0.717, 1.165) is 44.0 Å². The van der Waals surface area contributed by atoms with Crippen molar-refractivity contribution < 1.29 is 9.18 Å². The Bertz CT molecular complexity index is 647. The van der Waals surface area contributed by atoms with Gasteiger partial charge in [-0.2, -0.15) is 0 Å². The van der Waals surface area contributed by atoms with Gasteiger partial charge in [0, 0.05) is 40.2 Å². The number of benzene rings is 1. The first-order valence-electron chi connectivity index (χ1n) is 9.18. The molecular weight excluding hydrogens is 333 g/mol. The molecule has 1 unspecified atom stereocenters. The molecular formula is C19H30FN5O. The maximum atomic E-state index is 14.1. The zero-order valence-corrected chi connectivity index (χ0v) is 16.0. The van der Waals surface area contributed by atoms with Crippen molar-refractivity contribution >= 4 is 17.6 Å². The smallest absolute Gasteiger partial charge is 0.217 e. The van der Waals surface area contributed by atoms with Crippen molar-refractivity contribution in [1.29, 1.82) is 0 Å². The first kappa shape index (κ1) is 20.0. The summed E-state index contributed by atoms with van der Waals surface area (Å²) >= 11 is 0. The maximum absolute atomic E-state index is 14.1. The minimum absolute atomic E-state index is 0.243. The Balaban J connectivity index is 2.08. The SMILES string of the molecule is CCNC(=NCc1ccc(N(C)C)c(F)c1)N1CCCC(CC(N)=O)C1. The first-order valence-corrected chi connectivity index (χ1v) is 9.18. The van der Waals surface area contributed by atoms with Gasteiger partial charge < -0.3 is 20.9 Å². The van der Waals surface area contributed by atoms with Crippen molar-refractivity contribution in [1.82, 2.24) is 10.2 Å². The van der Waals surface area contributed by atoms with E-state index < -0.39 is 0 Å². The molecule has 1 heterocycles. The summed E-state index contributed by atoms with van der Waals surface area (Å²) in [5, 5.41) is 3.30. The van der Waals surface area contributed by atoms with Gasteiger partial charge in [0.2, 0.25) is 5.91 Å². The van der Waals surface area contributed by atoms with Crippen LogP contribution in [-0.2, 0) is 11.3 Å². The number of nitrogens with two attached hydrogens (primary N) is 1. The van der Waals surface area contributed by atoms with Crippen LogP contribution in [0.15, 0.2) is 23.2 Å². The molecule has 1 fully saturated rings. The standard InChI is InChI=1S/C19H30FN5O/c1-4-22-19(25-9-5-6-15(13-25)11-18(21)26)23-12-14-7-8-17(24(2)3)16(20)10-14/h7-8,10,15H,4-6,9,11-13H2,1-3H3,(H2,21,26)(H,22,23). The number of nitrogens with zero attached hydrogens (tertiary/aromatic N) is 3. The van der Waals surface area contributed by atoms with Crippen LogP contribution in [-0.4, -0.2) is 50.5 Å². The van der Waals surface area contributed by atoms with Crippen molar-refractivity contribution in [3.8, 4) is 0 Å². The molecule has 6 nitrogen and oxygen atoms in total. The van der Waals surface area contributed by atoms with Crippen molar-refractivity contribution in [2.75, 3.05) is 38.6 Å². The predicted octanol–water partition coefficient (Wildman–Crippen LogP) is 1.94. The van der Waals surface area contributed by atoms with E-state index in [-0.39, 0.29) is 17.6 Å². The number of likely N-dealkylation sites (tertiary alicyclic amines) is 1. The van der Waals surface area contributed by atoms with E-state index in [4.69, 9.17) is 5.73 Å². The Morgan fingerprint density at radius 1 is 1.46 bits per heavy atom. The zero-order valence-electron chi connectivity index (χ0n) is 16.0. The van der Waals surface area contributed by atoms with Gasteiger partial charge in [-0.3, -0.25) is 4.79 Å². The van der Waals surface area contributed by atoms with Gasteiger partial charge >= 0.3 is 0 Å². The maximum Gasteiger partial charge on any atom is 0.217 e. The summed E-state index contributed by atoms with van der Waals surface area (Å²) in [6.45, 7) is 4.84. The van der Waals surface area contributed by atoms with E-state index in [9.17, 15) is 9.18 Å². The molecule has 0 aliphatic carbocycles. The first-order chi connectivity index (χ1) is 12.4. The van der Waals surface area contributed by atoms with Gasteiger partial charge in [0.05, 0.1) is 12.2 Å². The quantitative estimate of drug-likeness (QED) is 0.598. The van der Waals surface area contributed by atoms with Gasteiger partial charge in [-0.15, -0.1) is 0 Å². The molecule has 1 aromatic carbocycles. The van der Waals surface area contributed by atoms with Gasteiger partial charge in [-0.25, -0.2) is 9.38 Å². The molecule has 1 aromatic rings. The highest BCUT2D eigenvalue weighted by atomic mass is 19.1. The predicted molar refractivity (Wildman–Crippen MR) is 104 cm³/mol. The van der Waals surface area contributed by atoms with Crippen LogP contribution in [0, 0.1) is 11.7 Å². The number of hydrogen-bond acceptors (Lipinski definition) is 3. The third-order valence-electron chi connectivity index (χ3n) is 4.55. The fourth-order valence-electron chi connectivity index (χ4n) is 3.31. The van der Waals surface area contributed by atoms with Crippen molar-refractivity contribution in [2.24, 2.45) is 16.6 Å². The third-order valence-corrected chi connectivity index (χ3v) is 4.55. The number of halogens is 1. The van der Waals surface area contributed by atoms with Gasteiger partial charge in [0.25, 0.3) is 0 Å². The second-order valence-electron chi connectivity index (χ2n) is 6.98. The van der Waals surface area contributed by atoms with Crippen LogP contribution in [0.3, 0.4) is 0 Å². The van der Waals surface area contributed by atoms with E-state index in [0.29, 0.717) is 18.7 Å². The van der Waals surface area contributed by atoms with E-state index in [2.05, 4.69) is 15.2 Å². The molecule has 1 amide bonds. The minimum atomic E-state index is -0.254. The van der Waals surface area contributed by atoms with Gasteiger partial charge in [-0.05, 0) is 43.4 Å². The molecule has 0 radical (unpaired) electrons. The summed E-state index contributed by atoms with van der Waals surface area (Å²) < 4.78 is 14.1. The number of aliphatic imine (C=N–C) groups is 1. The molecule has 0 aromatic heterocycles. The minimum Gasteiger partial charge on any atom is -0.375 e. The van der Waals surface area contributed by atoms with Crippen LogP contribution in [0.4, 0.5) is 10.1 Å². The molecule has 144 valence electrons. The Kier molecular flexibility index (Phi) is 7.24. The molecule has 26 heavy (non-hydrogen) atoms. The molecule has 7 heteroatoms. The summed E-state index contributed by atoms with van der Waals surface area (Å²) in [5.41, 5.74) is 6.74. The Morgan fingerprint density at radius 2 is 2.23 bits per heavy atom. The number of guanidine groups is 1. The molecule has 0 bridgehead atoms. The normalized spacial score (nSPS) is 17.9. The molecule has 0 spiro atoms. The number of carbonyl (C=O) groups is 1. The lowest BCUT2D eigenvalue weighted by Gasteiger charge is -2.34. The van der Waals surface area contributed by atoms with Crippen LogP contribution in [0.5, 0.6) is 0 Å². The Labute approximate surface area is 155 Å². The number of carbonyl (C=O) groups excluding carboxylic acids is 1. The molecule has 1 aliphatic heterocycles. The topological polar surface area (TPSA) is 74.0 Å². The lowest BCUT2D eigenvalue weighted by molar-refractivity contribution is -0.119. The third kappa shape index (κ3) is 5.61. The fourth-order valence-corrected chi connectivity index (χ4v) is 3.31. The molecule has 0 saturated carbocycles. The molecule has 1 atom stereocenters. The highest BCUT2D eigenvalue weighted by Gasteiger charge is 2.23. The lowest BCUT2D eigenvalue weighted by Crippen LogP contribution is -2.47. The summed E-state index contributed by atoms with van der Waals surface area (Å²) in [4.78, 5) is 19.8.